The third-order valence-electron chi connectivity index (χ3n) is 6.77. The Kier molecular flexibility index (Phi) is 7.97. The fourth-order valence-corrected chi connectivity index (χ4v) is 6.23. The fourth-order valence-electron chi connectivity index (χ4n) is 4.60. The number of hydrogen-bond acceptors (Lipinski definition) is 7. The summed E-state index contributed by atoms with van der Waals surface area (Å²) in [6.45, 7) is 0.501. The third kappa shape index (κ3) is 6.11. The van der Waals surface area contributed by atoms with Crippen molar-refractivity contribution in [3.05, 3.63) is 84.6 Å². The number of carbonyl (C=O) groups is 1. The number of halogens is 3. The number of benzene rings is 3. The van der Waals surface area contributed by atoms with E-state index < -0.39 is 27.9 Å². The smallest absolute Gasteiger partial charge is 0.417 e. The first kappa shape index (κ1) is 29.1. The summed E-state index contributed by atoms with van der Waals surface area (Å²) in [5, 5.41) is 1.46. The molecular weight excluding hydrogens is 573 g/mol. The van der Waals surface area contributed by atoms with Crippen molar-refractivity contribution >= 4 is 32.6 Å². The molecule has 5 rings (SSSR count). The van der Waals surface area contributed by atoms with Crippen LogP contribution in [0.3, 0.4) is 0 Å². The van der Waals surface area contributed by atoms with Crippen LogP contribution >= 0.6 is 0 Å². The van der Waals surface area contributed by atoms with E-state index in [0.29, 0.717) is 11.6 Å². The van der Waals surface area contributed by atoms with E-state index >= 15 is 0 Å². The highest BCUT2D eigenvalue weighted by molar-refractivity contribution is 7.89. The molecule has 3 aromatic carbocycles. The van der Waals surface area contributed by atoms with Gasteiger partial charge in [-0.3, -0.25) is 0 Å². The van der Waals surface area contributed by atoms with Gasteiger partial charge in [-0.2, -0.15) is 17.5 Å². The number of aromatic nitrogens is 1. The first-order valence-electron chi connectivity index (χ1n) is 12.9. The van der Waals surface area contributed by atoms with Crippen LogP contribution in [0, 0.1) is 0 Å². The maximum absolute atomic E-state index is 13.6. The highest BCUT2D eigenvalue weighted by Crippen LogP contribution is 2.33. The quantitative estimate of drug-likeness (QED) is 0.284. The number of alkyl halides is 3. The van der Waals surface area contributed by atoms with E-state index in [0.717, 1.165) is 23.2 Å². The standard InChI is InChI=1S/C29H27F3N4O5S/c1-34(2)25-7-3-6-24-23(25)5-4-8-26(24)42(38,39)36-17-15-35(16-18-36)28(37)41-22-12-10-21(11-13-22)40-27-14-9-20(19-33-27)29(30,31)32/h3-14,19H,15-18H2,1-2H3. The normalized spacial score (nSPS) is 14.5. The zero-order valence-corrected chi connectivity index (χ0v) is 23.5. The predicted octanol–water partition coefficient (Wildman–Crippen LogP) is 5.62. The van der Waals surface area contributed by atoms with Crippen molar-refractivity contribution in [2.45, 2.75) is 11.1 Å². The Labute approximate surface area is 240 Å². The summed E-state index contributed by atoms with van der Waals surface area (Å²) in [5.74, 6) is 0.476. The van der Waals surface area contributed by atoms with Crippen molar-refractivity contribution in [1.82, 2.24) is 14.2 Å². The highest BCUT2D eigenvalue weighted by Gasteiger charge is 2.32. The molecule has 0 saturated carbocycles. The van der Waals surface area contributed by atoms with E-state index in [9.17, 15) is 26.4 Å². The molecule has 0 spiro atoms. The number of fused-ring (bicyclic) bond motifs is 1. The van der Waals surface area contributed by atoms with E-state index in [4.69, 9.17) is 9.47 Å². The number of nitrogens with zero attached hydrogens (tertiary/aromatic N) is 4. The predicted molar refractivity (Wildman–Crippen MR) is 150 cm³/mol. The summed E-state index contributed by atoms with van der Waals surface area (Å²) < 4.78 is 77.5. The molecule has 220 valence electrons. The van der Waals surface area contributed by atoms with Gasteiger partial charge in [0.2, 0.25) is 15.9 Å². The van der Waals surface area contributed by atoms with Crippen LogP contribution in [0.4, 0.5) is 23.7 Å². The number of hydrogen-bond donors (Lipinski definition) is 0. The molecule has 1 aliphatic rings. The second-order valence-electron chi connectivity index (χ2n) is 9.74. The summed E-state index contributed by atoms with van der Waals surface area (Å²) in [6.07, 6.45) is -4.45. The summed E-state index contributed by atoms with van der Waals surface area (Å²) in [7, 11) is -0.0181. The number of carbonyl (C=O) groups excluding carboxylic acids is 1. The van der Waals surface area contributed by atoms with Crippen LogP contribution in [0.5, 0.6) is 17.4 Å². The fraction of sp³-hybridized carbons (Fsp3) is 0.241. The molecule has 13 heteroatoms. The molecule has 4 aromatic rings. The van der Waals surface area contributed by atoms with Crippen LogP contribution in [0.2, 0.25) is 0 Å². The number of pyridine rings is 1. The largest absolute Gasteiger partial charge is 0.439 e. The summed E-state index contributed by atoms with van der Waals surface area (Å²) in [5.41, 5.74) is 0.0238. The number of anilines is 1. The van der Waals surface area contributed by atoms with Gasteiger partial charge in [0.05, 0.1) is 10.5 Å². The minimum atomic E-state index is -4.49. The SMILES string of the molecule is CN(C)c1cccc2c(S(=O)(=O)N3CCN(C(=O)Oc4ccc(Oc5ccc(C(F)(F)F)cn5)cc4)CC3)cccc12. The summed E-state index contributed by atoms with van der Waals surface area (Å²) >= 11 is 0. The van der Waals surface area contributed by atoms with Crippen molar-refractivity contribution in [3.8, 4) is 17.4 Å². The molecule has 1 saturated heterocycles. The monoisotopic (exact) mass is 600 g/mol. The number of sulfonamides is 1. The topological polar surface area (TPSA) is 92.3 Å². The van der Waals surface area contributed by atoms with Crippen LogP contribution in [0.25, 0.3) is 10.8 Å². The second-order valence-corrected chi connectivity index (χ2v) is 11.6. The van der Waals surface area contributed by atoms with Gasteiger partial charge < -0.3 is 19.3 Å². The molecule has 1 aliphatic heterocycles. The molecule has 0 atom stereocenters. The van der Waals surface area contributed by atoms with Gasteiger partial charge in [0.1, 0.15) is 11.5 Å². The minimum absolute atomic E-state index is 0.0257. The number of amides is 1. The van der Waals surface area contributed by atoms with Crippen molar-refractivity contribution < 1.29 is 35.9 Å². The van der Waals surface area contributed by atoms with Gasteiger partial charge >= 0.3 is 12.3 Å². The van der Waals surface area contributed by atoms with Crippen molar-refractivity contribution in [2.75, 3.05) is 45.2 Å². The average molecular weight is 601 g/mol. The van der Waals surface area contributed by atoms with Gasteiger partial charge in [0.15, 0.2) is 0 Å². The van der Waals surface area contributed by atoms with Gasteiger partial charge in [0.25, 0.3) is 0 Å². The van der Waals surface area contributed by atoms with Crippen molar-refractivity contribution in [3.63, 3.8) is 0 Å². The van der Waals surface area contributed by atoms with Crippen LogP contribution in [-0.4, -0.2) is 69.0 Å². The zero-order chi connectivity index (χ0) is 30.1. The van der Waals surface area contributed by atoms with E-state index in [1.54, 1.807) is 18.2 Å². The van der Waals surface area contributed by atoms with Gasteiger partial charge in [-0.25, -0.2) is 18.2 Å². The Bertz CT molecular complexity index is 1690. The first-order chi connectivity index (χ1) is 19.9. The average Bonchev–Trinajstić information content (AvgIpc) is 2.97. The summed E-state index contributed by atoms with van der Waals surface area (Å²) in [4.78, 5) is 20.0. The van der Waals surface area contributed by atoms with E-state index in [1.807, 2.05) is 37.2 Å². The van der Waals surface area contributed by atoms with Crippen LogP contribution in [0.15, 0.2) is 83.9 Å². The Morgan fingerprint density at radius 2 is 1.50 bits per heavy atom. The number of piperazine rings is 1. The molecule has 2 heterocycles. The molecular formula is C29H27F3N4O5S. The Morgan fingerprint density at radius 1 is 0.857 bits per heavy atom. The maximum Gasteiger partial charge on any atom is 0.417 e. The molecule has 1 amide bonds. The lowest BCUT2D eigenvalue weighted by atomic mass is 10.1. The molecule has 0 N–H and O–H groups in total. The molecule has 1 fully saturated rings. The molecule has 0 bridgehead atoms. The van der Waals surface area contributed by atoms with Gasteiger partial charge in [0, 0.05) is 69.0 Å². The Morgan fingerprint density at radius 3 is 2.12 bits per heavy atom. The lowest BCUT2D eigenvalue weighted by Gasteiger charge is -2.33. The lowest BCUT2D eigenvalue weighted by molar-refractivity contribution is -0.137. The molecule has 42 heavy (non-hydrogen) atoms. The first-order valence-corrected chi connectivity index (χ1v) is 14.3. The Balaban J connectivity index is 1.19. The van der Waals surface area contributed by atoms with Gasteiger partial charge in [-0.1, -0.05) is 24.3 Å². The van der Waals surface area contributed by atoms with Crippen molar-refractivity contribution in [1.29, 1.82) is 0 Å². The zero-order valence-electron chi connectivity index (χ0n) is 22.7. The summed E-state index contributed by atoms with van der Waals surface area (Å²) in [6, 6.07) is 18.7. The maximum atomic E-state index is 13.6. The second kappa shape index (κ2) is 11.5. The van der Waals surface area contributed by atoms with Gasteiger partial charge in [-0.15, -0.1) is 0 Å². The molecule has 0 aliphatic carbocycles. The van der Waals surface area contributed by atoms with E-state index in [-0.39, 0.29) is 48.5 Å². The minimum Gasteiger partial charge on any atom is -0.439 e. The highest BCUT2D eigenvalue weighted by atomic mass is 32.2. The number of rotatable bonds is 6. The Hall–Kier alpha value is -4.36. The van der Waals surface area contributed by atoms with E-state index in [1.165, 1.54) is 33.5 Å². The molecule has 0 radical (unpaired) electrons. The molecule has 9 nitrogen and oxygen atoms in total. The number of ether oxygens (including phenoxy) is 2. The molecule has 1 aromatic heterocycles. The van der Waals surface area contributed by atoms with Crippen LogP contribution in [0.1, 0.15) is 5.56 Å². The lowest BCUT2D eigenvalue weighted by Crippen LogP contribution is -2.51. The van der Waals surface area contributed by atoms with Crippen LogP contribution in [-0.2, 0) is 16.2 Å². The van der Waals surface area contributed by atoms with Crippen molar-refractivity contribution in [2.24, 2.45) is 0 Å². The van der Waals surface area contributed by atoms with Gasteiger partial charge in [-0.05, 0) is 42.5 Å². The van der Waals surface area contributed by atoms with Crippen LogP contribution < -0.4 is 14.4 Å². The van der Waals surface area contributed by atoms with E-state index in [2.05, 4.69) is 4.98 Å². The third-order valence-corrected chi connectivity index (χ3v) is 8.73. The molecule has 0 unspecified atom stereocenters.